The predicted molar refractivity (Wildman–Crippen MR) is 123 cm³/mol. The fourth-order valence-electron chi connectivity index (χ4n) is 3.63. The molecular weight excluding hydrogens is 414 g/mol. The van der Waals surface area contributed by atoms with Crippen LogP contribution in [0, 0.1) is 16.0 Å². The molecule has 8 heteroatoms. The first-order valence-corrected chi connectivity index (χ1v) is 11.5. The fourth-order valence-corrected chi connectivity index (χ4v) is 4.65. The SMILES string of the molecule is CCC(Sc1cccc(NC(=O)C2CCCCC2)c1)C(=O)Nc1ccc([N+](=O)[O-])cc1. The molecule has 1 aliphatic carbocycles. The smallest absolute Gasteiger partial charge is 0.269 e. The Morgan fingerprint density at radius 3 is 2.42 bits per heavy atom. The van der Waals surface area contributed by atoms with E-state index in [0.717, 1.165) is 36.3 Å². The highest BCUT2D eigenvalue weighted by Crippen LogP contribution is 2.30. The normalized spacial score (nSPS) is 15.1. The van der Waals surface area contributed by atoms with E-state index in [0.29, 0.717) is 12.1 Å². The topological polar surface area (TPSA) is 101 Å². The number of carbonyl (C=O) groups excluding carboxylic acids is 2. The van der Waals surface area contributed by atoms with Crippen LogP contribution in [0.15, 0.2) is 53.4 Å². The lowest BCUT2D eigenvalue weighted by Crippen LogP contribution is -2.25. The van der Waals surface area contributed by atoms with Gasteiger partial charge in [-0.2, -0.15) is 0 Å². The maximum Gasteiger partial charge on any atom is 0.269 e. The van der Waals surface area contributed by atoms with Crippen LogP contribution in [0.25, 0.3) is 0 Å². The number of rotatable bonds is 8. The third-order valence-electron chi connectivity index (χ3n) is 5.36. The summed E-state index contributed by atoms with van der Waals surface area (Å²) >= 11 is 1.43. The summed E-state index contributed by atoms with van der Waals surface area (Å²) in [6.07, 6.45) is 5.92. The number of nitro benzene ring substituents is 1. The highest BCUT2D eigenvalue weighted by Gasteiger charge is 2.22. The van der Waals surface area contributed by atoms with Gasteiger partial charge < -0.3 is 10.6 Å². The van der Waals surface area contributed by atoms with Gasteiger partial charge in [0.1, 0.15) is 0 Å². The summed E-state index contributed by atoms with van der Waals surface area (Å²) in [5.74, 6) is -0.0104. The molecule has 0 heterocycles. The zero-order valence-electron chi connectivity index (χ0n) is 17.5. The third kappa shape index (κ3) is 6.55. The number of thioether (sulfide) groups is 1. The van der Waals surface area contributed by atoms with E-state index in [2.05, 4.69) is 10.6 Å². The molecule has 1 unspecified atom stereocenters. The van der Waals surface area contributed by atoms with Crippen LogP contribution in [0.4, 0.5) is 17.1 Å². The summed E-state index contributed by atoms with van der Waals surface area (Å²) in [6, 6.07) is 13.3. The van der Waals surface area contributed by atoms with Crippen molar-refractivity contribution >= 4 is 40.6 Å². The summed E-state index contributed by atoms with van der Waals surface area (Å²) in [6.45, 7) is 1.93. The number of nitrogens with zero attached hydrogens (tertiary/aromatic N) is 1. The second-order valence-electron chi connectivity index (χ2n) is 7.66. The second-order valence-corrected chi connectivity index (χ2v) is 8.94. The standard InChI is InChI=1S/C23H27N3O4S/c1-2-21(23(28)24-17-11-13-19(14-12-17)26(29)30)31-20-10-6-9-18(15-20)25-22(27)16-7-4-3-5-8-16/h6,9-16,21H,2-5,7-8H2,1H3,(H,24,28)(H,25,27). The molecule has 0 aliphatic heterocycles. The quantitative estimate of drug-likeness (QED) is 0.314. The van der Waals surface area contributed by atoms with Gasteiger partial charge in [-0.15, -0.1) is 11.8 Å². The Hall–Kier alpha value is -2.87. The number of nitrogens with one attached hydrogen (secondary N) is 2. The van der Waals surface area contributed by atoms with Crippen molar-refractivity contribution in [2.24, 2.45) is 5.92 Å². The Morgan fingerprint density at radius 1 is 1.06 bits per heavy atom. The van der Waals surface area contributed by atoms with Crippen molar-refractivity contribution in [1.82, 2.24) is 0 Å². The lowest BCUT2D eigenvalue weighted by Gasteiger charge is -2.21. The van der Waals surface area contributed by atoms with Gasteiger partial charge >= 0.3 is 0 Å². The number of hydrogen-bond donors (Lipinski definition) is 2. The summed E-state index contributed by atoms with van der Waals surface area (Å²) in [5.41, 5.74) is 1.24. The van der Waals surface area contributed by atoms with Crippen LogP contribution in [-0.4, -0.2) is 22.0 Å². The Labute approximate surface area is 186 Å². The molecule has 1 saturated carbocycles. The number of amides is 2. The molecule has 164 valence electrons. The Balaban J connectivity index is 1.60. The molecule has 1 aliphatic rings. The Kier molecular flexibility index (Phi) is 8.06. The molecule has 2 aromatic carbocycles. The summed E-state index contributed by atoms with van der Waals surface area (Å²) in [4.78, 5) is 36.4. The highest BCUT2D eigenvalue weighted by atomic mass is 32.2. The summed E-state index contributed by atoms with van der Waals surface area (Å²) < 4.78 is 0. The lowest BCUT2D eigenvalue weighted by atomic mass is 9.88. The summed E-state index contributed by atoms with van der Waals surface area (Å²) in [7, 11) is 0. The van der Waals surface area contributed by atoms with E-state index in [-0.39, 0.29) is 28.7 Å². The second kappa shape index (κ2) is 10.9. The van der Waals surface area contributed by atoms with Crippen LogP contribution in [-0.2, 0) is 9.59 Å². The van der Waals surface area contributed by atoms with Crippen LogP contribution in [0.5, 0.6) is 0 Å². The first-order chi connectivity index (χ1) is 15.0. The Bertz CT molecular complexity index is 927. The van der Waals surface area contributed by atoms with Crippen molar-refractivity contribution in [3.05, 3.63) is 58.6 Å². The predicted octanol–water partition coefficient (Wildman–Crippen LogP) is 5.62. The van der Waals surface area contributed by atoms with E-state index in [1.54, 1.807) is 0 Å². The maximum atomic E-state index is 12.7. The zero-order chi connectivity index (χ0) is 22.2. The number of benzene rings is 2. The molecule has 2 amide bonds. The molecule has 0 bridgehead atoms. The van der Waals surface area contributed by atoms with Gasteiger partial charge in [0.2, 0.25) is 11.8 Å². The zero-order valence-corrected chi connectivity index (χ0v) is 18.3. The Morgan fingerprint density at radius 2 is 1.77 bits per heavy atom. The number of nitro groups is 1. The average Bonchev–Trinajstić information content (AvgIpc) is 2.78. The van der Waals surface area contributed by atoms with Gasteiger partial charge in [0.05, 0.1) is 10.2 Å². The number of anilines is 2. The minimum absolute atomic E-state index is 0.0218. The van der Waals surface area contributed by atoms with E-state index in [1.807, 2.05) is 31.2 Å². The molecule has 3 rings (SSSR count). The monoisotopic (exact) mass is 441 g/mol. The van der Waals surface area contributed by atoms with Crippen molar-refractivity contribution in [2.75, 3.05) is 10.6 Å². The summed E-state index contributed by atoms with van der Waals surface area (Å²) in [5, 5.41) is 16.3. The first kappa shape index (κ1) is 22.8. The van der Waals surface area contributed by atoms with E-state index in [4.69, 9.17) is 0 Å². The van der Waals surface area contributed by atoms with Crippen molar-refractivity contribution < 1.29 is 14.5 Å². The van der Waals surface area contributed by atoms with Gasteiger partial charge in [-0.25, -0.2) is 0 Å². The molecule has 2 aromatic rings. The van der Waals surface area contributed by atoms with Crippen LogP contribution >= 0.6 is 11.8 Å². The van der Waals surface area contributed by atoms with Gasteiger partial charge in [0.25, 0.3) is 5.69 Å². The van der Waals surface area contributed by atoms with E-state index >= 15 is 0 Å². The van der Waals surface area contributed by atoms with Crippen molar-refractivity contribution in [1.29, 1.82) is 0 Å². The molecule has 1 atom stereocenters. The number of non-ortho nitro benzene ring substituents is 1. The largest absolute Gasteiger partial charge is 0.326 e. The van der Waals surface area contributed by atoms with Crippen molar-refractivity contribution in [3.63, 3.8) is 0 Å². The molecule has 2 N–H and O–H groups in total. The van der Waals surface area contributed by atoms with Gasteiger partial charge in [0, 0.05) is 34.3 Å². The first-order valence-electron chi connectivity index (χ1n) is 10.6. The van der Waals surface area contributed by atoms with Crippen molar-refractivity contribution in [3.8, 4) is 0 Å². The molecule has 0 spiro atoms. The van der Waals surface area contributed by atoms with Crippen LogP contribution in [0.2, 0.25) is 0 Å². The number of hydrogen-bond acceptors (Lipinski definition) is 5. The van der Waals surface area contributed by atoms with Crippen LogP contribution in [0.3, 0.4) is 0 Å². The number of carbonyl (C=O) groups is 2. The molecule has 7 nitrogen and oxygen atoms in total. The fraction of sp³-hybridized carbons (Fsp3) is 0.391. The van der Waals surface area contributed by atoms with Gasteiger partial charge in [0.15, 0.2) is 0 Å². The maximum absolute atomic E-state index is 12.7. The van der Waals surface area contributed by atoms with Gasteiger partial charge in [-0.3, -0.25) is 19.7 Å². The molecule has 0 aromatic heterocycles. The molecule has 31 heavy (non-hydrogen) atoms. The van der Waals surface area contributed by atoms with E-state index < -0.39 is 4.92 Å². The lowest BCUT2D eigenvalue weighted by molar-refractivity contribution is -0.384. The third-order valence-corrected chi connectivity index (χ3v) is 6.72. The highest BCUT2D eigenvalue weighted by molar-refractivity contribution is 8.00. The molecular formula is C23H27N3O4S. The van der Waals surface area contributed by atoms with E-state index in [1.165, 1.54) is 42.4 Å². The minimum atomic E-state index is -0.476. The van der Waals surface area contributed by atoms with Gasteiger partial charge in [-0.1, -0.05) is 32.3 Å². The molecule has 1 fully saturated rings. The van der Waals surface area contributed by atoms with Crippen molar-refractivity contribution in [2.45, 2.75) is 55.6 Å². The van der Waals surface area contributed by atoms with Crippen LogP contribution in [0.1, 0.15) is 45.4 Å². The van der Waals surface area contributed by atoms with Gasteiger partial charge in [-0.05, 0) is 49.6 Å². The molecule has 0 saturated heterocycles. The minimum Gasteiger partial charge on any atom is -0.326 e. The van der Waals surface area contributed by atoms with E-state index in [9.17, 15) is 19.7 Å². The molecule has 0 radical (unpaired) electrons. The average molecular weight is 442 g/mol. The van der Waals surface area contributed by atoms with Crippen LogP contribution < -0.4 is 10.6 Å².